The first-order valence-electron chi connectivity index (χ1n) is 11.7. The zero-order chi connectivity index (χ0) is 23.0. The van der Waals surface area contributed by atoms with Gasteiger partial charge in [0, 0.05) is 5.54 Å². The zero-order valence-electron chi connectivity index (χ0n) is 19.2. The first-order chi connectivity index (χ1) is 15.5. The Morgan fingerprint density at radius 2 is 1.19 bits per heavy atom. The summed E-state index contributed by atoms with van der Waals surface area (Å²) in [7, 11) is 0. The van der Waals surface area contributed by atoms with Crippen LogP contribution in [0.2, 0.25) is 0 Å². The third-order valence-electron chi connectivity index (χ3n) is 6.92. The lowest BCUT2D eigenvalue weighted by molar-refractivity contribution is -0.145. The number of benzene rings is 3. The molecule has 0 saturated carbocycles. The summed E-state index contributed by atoms with van der Waals surface area (Å²) in [6.45, 7) is 4.16. The molecular formula is C29H35NO2. The van der Waals surface area contributed by atoms with Gasteiger partial charge in [-0.15, -0.1) is 0 Å². The number of carboxylic acids is 1. The minimum absolute atomic E-state index is 0.523. The Morgan fingerprint density at radius 1 is 0.781 bits per heavy atom. The van der Waals surface area contributed by atoms with Gasteiger partial charge in [0.25, 0.3) is 0 Å². The van der Waals surface area contributed by atoms with Crippen LogP contribution in [0.4, 0.5) is 0 Å². The van der Waals surface area contributed by atoms with E-state index in [4.69, 9.17) is 5.73 Å². The maximum absolute atomic E-state index is 12.8. The molecule has 2 unspecified atom stereocenters. The third-order valence-corrected chi connectivity index (χ3v) is 6.92. The van der Waals surface area contributed by atoms with E-state index in [1.807, 2.05) is 61.5 Å². The van der Waals surface area contributed by atoms with Crippen LogP contribution < -0.4 is 5.73 Å². The van der Waals surface area contributed by atoms with Crippen LogP contribution in [-0.4, -0.2) is 16.6 Å². The SMILES string of the molecule is CCCCCC(C(=O)O)C(N)(CC)C(c1ccccc1)(c1ccccc1)c1ccccc1. The maximum Gasteiger partial charge on any atom is 0.308 e. The van der Waals surface area contributed by atoms with E-state index in [0.717, 1.165) is 36.0 Å². The van der Waals surface area contributed by atoms with E-state index in [-0.39, 0.29) is 0 Å². The van der Waals surface area contributed by atoms with Crippen molar-refractivity contribution in [1.29, 1.82) is 0 Å². The normalized spacial score (nSPS) is 14.5. The monoisotopic (exact) mass is 429 g/mol. The quantitative estimate of drug-likeness (QED) is 0.273. The number of carbonyl (C=O) groups is 1. The highest BCUT2D eigenvalue weighted by atomic mass is 16.4. The number of unbranched alkanes of at least 4 members (excludes halogenated alkanes) is 2. The number of carboxylic acid groups (broad SMARTS) is 1. The molecule has 0 aliphatic carbocycles. The Hall–Kier alpha value is -2.91. The molecular weight excluding hydrogens is 394 g/mol. The minimum atomic E-state index is -1.05. The number of aliphatic carboxylic acids is 1. The minimum Gasteiger partial charge on any atom is -0.481 e. The van der Waals surface area contributed by atoms with Crippen LogP contribution in [0.15, 0.2) is 91.0 Å². The molecule has 0 bridgehead atoms. The molecule has 3 nitrogen and oxygen atoms in total. The molecule has 0 fully saturated rings. The maximum atomic E-state index is 12.8. The second-order valence-corrected chi connectivity index (χ2v) is 8.63. The van der Waals surface area contributed by atoms with Gasteiger partial charge in [-0.25, -0.2) is 0 Å². The van der Waals surface area contributed by atoms with Crippen molar-refractivity contribution in [3.63, 3.8) is 0 Å². The number of hydrogen-bond donors (Lipinski definition) is 2. The van der Waals surface area contributed by atoms with E-state index in [2.05, 4.69) is 43.3 Å². The predicted molar refractivity (Wildman–Crippen MR) is 132 cm³/mol. The van der Waals surface area contributed by atoms with Gasteiger partial charge in [0.15, 0.2) is 0 Å². The summed E-state index contributed by atoms with van der Waals surface area (Å²) in [6.07, 6.45) is 3.97. The summed E-state index contributed by atoms with van der Waals surface area (Å²) in [5.74, 6) is -1.52. The fourth-order valence-electron chi connectivity index (χ4n) is 5.34. The molecule has 168 valence electrons. The molecule has 0 heterocycles. The van der Waals surface area contributed by atoms with E-state index in [1.54, 1.807) is 0 Å². The Labute approximate surface area is 192 Å². The second kappa shape index (κ2) is 10.6. The lowest BCUT2D eigenvalue weighted by Gasteiger charge is -2.52. The fourth-order valence-corrected chi connectivity index (χ4v) is 5.34. The van der Waals surface area contributed by atoms with Gasteiger partial charge >= 0.3 is 5.97 Å². The molecule has 3 aromatic carbocycles. The van der Waals surface area contributed by atoms with Gasteiger partial charge in [0.05, 0.1) is 11.3 Å². The van der Waals surface area contributed by atoms with Gasteiger partial charge in [-0.05, 0) is 29.5 Å². The Balaban J connectivity index is 2.40. The molecule has 0 aliphatic rings. The Kier molecular flexibility index (Phi) is 7.87. The Bertz CT molecular complexity index is 875. The molecule has 3 aromatic rings. The highest BCUT2D eigenvalue weighted by Crippen LogP contribution is 2.51. The average Bonchev–Trinajstić information content (AvgIpc) is 2.84. The van der Waals surface area contributed by atoms with Crippen molar-refractivity contribution < 1.29 is 9.90 Å². The summed E-state index contributed by atoms with van der Waals surface area (Å²) >= 11 is 0. The molecule has 3 N–H and O–H groups in total. The van der Waals surface area contributed by atoms with Gasteiger partial charge in [0.1, 0.15) is 0 Å². The summed E-state index contributed by atoms with van der Waals surface area (Å²) < 4.78 is 0. The average molecular weight is 430 g/mol. The van der Waals surface area contributed by atoms with Crippen molar-refractivity contribution in [2.45, 2.75) is 56.9 Å². The van der Waals surface area contributed by atoms with Crippen LogP contribution in [-0.2, 0) is 10.2 Å². The molecule has 3 rings (SSSR count). The molecule has 3 heteroatoms. The molecule has 0 radical (unpaired) electrons. The van der Waals surface area contributed by atoms with Crippen molar-refractivity contribution in [2.24, 2.45) is 11.7 Å². The molecule has 0 aromatic heterocycles. The van der Waals surface area contributed by atoms with E-state index in [1.165, 1.54) is 0 Å². The van der Waals surface area contributed by atoms with Gasteiger partial charge < -0.3 is 10.8 Å². The molecule has 0 aliphatic heterocycles. The molecule has 2 atom stereocenters. The van der Waals surface area contributed by atoms with Crippen molar-refractivity contribution in [2.75, 3.05) is 0 Å². The summed E-state index contributed by atoms with van der Waals surface area (Å²) in [4.78, 5) is 12.8. The van der Waals surface area contributed by atoms with E-state index in [9.17, 15) is 9.90 Å². The highest BCUT2D eigenvalue weighted by molar-refractivity contribution is 5.74. The lowest BCUT2D eigenvalue weighted by Crippen LogP contribution is -2.65. The van der Waals surface area contributed by atoms with E-state index >= 15 is 0 Å². The molecule has 0 amide bonds. The number of hydrogen-bond acceptors (Lipinski definition) is 2. The first-order valence-corrected chi connectivity index (χ1v) is 11.7. The van der Waals surface area contributed by atoms with Gasteiger partial charge in [0.2, 0.25) is 0 Å². The molecule has 0 spiro atoms. The van der Waals surface area contributed by atoms with Crippen LogP contribution in [0, 0.1) is 5.92 Å². The van der Waals surface area contributed by atoms with Crippen LogP contribution in [0.3, 0.4) is 0 Å². The first kappa shape index (κ1) is 23.7. The summed E-state index contributed by atoms with van der Waals surface area (Å²) in [6, 6.07) is 30.6. The van der Waals surface area contributed by atoms with Crippen LogP contribution in [0.1, 0.15) is 62.6 Å². The molecule has 32 heavy (non-hydrogen) atoms. The fraction of sp³-hybridized carbons (Fsp3) is 0.345. The Morgan fingerprint density at radius 3 is 1.50 bits per heavy atom. The van der Waals surface area contributed by atoms with Gasteiger partial charge in [-0.2, -0.15) is 0 Å². The van der Waals surface area contributed by atoms with Crippen molar-refractivity contribution in [1.82, 2.24) is 0 Å². The van der Waals surface area contributed by atoms with Crippen molar-refractivity contribution >= 4 is 5.97 Å². The molecule has 0 saturated heterocycles. The number of rotatable bonds is 11. The largest absolute Gasteiger partial charge is 0.481 e. The van der Waals surface area contributed by atoms with Crippen LogP contribution >= 0.6 is 0 Å². The topological polar surface area (TPSA) is 63.3 Å². The van der Waals surface area contributed by atoms with Crippen LogP contribution in [0.25, 0.3) is 0 Å². The standard InChI is InChI=1S/C29H35NO2/c1-3-5-9-22-26(27(31)32)28(30,4-2)29(23-16-10-6-11-17-23,24-18-12-7-13-19-24)25-20-14-8-15-21-25/h6-8,10-21,26H,3-5,9,22,30H2,1-2H3,(H,31,32). The lowest BCUT2D eigenvalue weighted by atomic mass is 9.52. The van der Waals surface area contributed by atoms with Gasteiger partial charge in [-0.1, -0.05) is 124 Å². The van der Waals surface area contributed by atoms with Crippen molar-refractivity contribution in [3.05, 3.63) is 108 Å². The van der Waals surface area contributed by atoms with E-state index in [0.29, 0.717) is 12.8 Å². The second-order valence-electron chi connectivity index (χ2n) is 8.63. The smallest absolute Gasteiger partial charge is 0.308 e. The van der Waals surface area contributed by atoms with Crippen LogP contribution in [0.5, 0.6) is 0 Å². The summed E-state index contributed by atoms with van der Waals surface area (Å²) in [5, 5.41) is 10.5. The summed E-state index contributed by atoms with van der Waals surface area (Å²) in [5.41, 5.74) is 8.61. The van der Waals surface area contributed by atoms with E-state index < -0.39 is 22.8 Å². The predicted octanol–water partition coefficient (Wildman–Crippen LogP) is 6.41. The van der Waals surface area contributed by atoms with Crippen molar-refractivity contribution in [3.8, 4) is 0 Å². The number of nitrogens with two attached hydrogens (primary N) is 1. The third kappa shape index (κ3) is 4.22. The zero-order valence-corrected chi connectivity index (χ0v) is 19.2. The highest BCUT2D eigenvalue weighted by Gasteiger charge is 2.57. The van der Waals surface area contributed by atoms with Gasteiger partial charge in [-0.3, -0.25) is 4.79 Å².